The zero-order valence-electron chi connectivity index (χ0n) is 12.1. The average molecular weight is 285 g/mol. The van der Waals surface area contributed by atoms with Gasteiger partial charge in [-0.05, 0) is 24.0 Å². The predicted octanol–water partition coefficient (Wildman–Crippen LogP) is 2.34. The van der Waals surface area contributed by atoms with Gasteiger partial charge in [0.25, 0.3) is 5.56 Å². The van der Waals surface area contributed by atoms with Crippen molar-refractivity contribution in [1.82, 2.24) is 9.55 Å². The van der Waals surface area contributed by atoms with Crippen molar-refractivity contribution < 1.29 is 4.74 Å². The fourth-order valence-corrected chi connectivity index (χ4v) is 2.37. The number of nitrogens with zero attached hydrogens (tertiary/aromatic N) is 2. The zero-order valence-corrected chi connectivity index (χ0v) is 12.1. The van der Waals surface area contributed by atoms with Crippen LogP contribution in [0.3, 0.4) is 0 Å². The summed E-state index contributed by atoms with van der Waals surface area (Å²) in [5.74, 6) is 0.418. The number of hydrogen-bond acceptors (Lipinski definition) is 4. The lowest BCUT2D eigenvalue weighted by molar-refractivity contribution is 0.185. The molecule has 5 nitrogen and oxygen atoms in total. The Bertz CT molecular complexity index is 677. The second-order valence-corrected chi connectivity index (χ2v) is 5.33. The van der Waals surface area contributed by atoms with Crippen molar-refractivity contribution in [3.05, 3.63) is 58.1 Å². The van der Waals surface area contributed by atoms with Crippen molar-refractivity contribution in [2.45, 2.75) is 32.0 Å². The van der Waals surface area contributed by atoms with Crippen LogP contribution in [0.5, 0.6) is 0 Å². The van der Waals surface area contributed by atoms with Gasteiger partial charge < -0.3 is 14.6 Å². The summed E-state index contributed by atoms with van der Waals surface area (Å²) in [5.41, 5.74) is 2.19. The molecule has 2 aromatic rings. The third-order valence-electron chi connectivity index (χ3n) is 3.57. The summed E-state index contributed by atoms with van der Waals surface area (Å²) in [4.78, 5) is 16.4. The minimum absolute atomic E-state index is 0.0342. The molecule has 0 saturated heterocycles. The van der Waals surface area contributed by atoms with Crippen LogP contribution < -0.4 is 10.9 Å². The summed E-state index contributed by atoms with van der Waals surface area (Å²) in [5, 5.41) is 3.14. The molecule has 1 aliphatic carbocycles. The molecule has 1 N–H and O–H groups in total. The molecule has 0 bridgehead atoms. The Morgan fingerprint density at radius 1 is 1.38 bits per heavy atom. The number of hydrogen-bond donors (Lipinski definition) is 1. The molecule has 3 rings (SSSR count). The highest BCUT2D eigenvalue weighted by atomic mass is 16.5. The SMILES string of the molecule is COCc1cccc(CNc2nccn(C3CC3)c2=O)c1. The molecule has 21 heavy (non-hydrogen) atoms. The maximum atomic E-state index is 12.3. The molecule has 1 aromatic carbocycles. The number of anilines is 1. The van der Waals surface area contributed by atoms with Crippen LogP contribution >= 0.6 is 0 Å². The second kappa shape index (κ2) is 6.10. The molecule has 110 valence electrons. The van der Waals surface area contributed by atoms with Crippen molar-refractivity contribution in [2.24, 2.45) is 0 Å². The van der Waals surface area contributed by atoms with Crippen LogP contribution in [0.4, 0.5) is 5.82 Å². The molecule has 1 aliphatic rings. The highest BCUT2D eigenvalue weighted by molar-refractivity contribution is 5.34. The first-order valence-electron chi connectivity index (χ1n) is 7.15. The Morgan fingerprint density at radius 2 is 2.19 bits per heavy atom. The van der Waals surface area contributed by atoms with E-state index < -0.39 is 0 Å². The van der Waals surface area contributed by atoms with E-state index in [9.17, 15) is 4.79 Å². The van der Waals surface area contributed by atoms with Gasteiger partial charge in [0, 0.05) is 32.1 Å². The maximum absolute atomic E-state index is 12.3. The Balaban J connectivity index is 1.71. The Labute approximate surface area is 123 Å². The van der Waals surface area contributed by atoms with E-state index in [1.807, 2.05) is 18.2 Å². The first-order chi connectivity index (χ1) is 10.3. The average Bonchev–Trinajstić information content (AvgIpc) is 3.32. The number of benzene rings is 1. The first kappa shape index (κ1) is 13.8. The zero-order chi connectivity index (χ0) is 14.7. The normalized spacial score (nSPS) is 14.1. The minimum atomic E-state index is -0.0342. The molecule has 0 radical (unpaired) electrons. The molecule has 1 aromatic heterocycles. The van der Waals surface area contributed by atoms with Crippen LogP contribution in [-0.2, 0) is 17.9 Å². The van der Waals surface area contributed by atoms with E-state index in [1.54, 1.807) is 24.1 Å². The Kier molecular flexibility index (Phi) is 4.01. The summed E-state index contributed by atoms with van der Waals surface area (Å²) in [6.07, 6.45) is 5.62. The summed E-state index contributed by atoms with van der Waals surface area (Å²) in [6, 6.07) is 8.47. The standard InChI is InChI=1S/C16H19N3O2/c1-21-11-13-4-2-3-12(9-13)10-18-15-16(20)19(8-7-17-15)14-5-6-14/h2-4,7-9,14H,5-6,10-11H2,1H3,(H,17,18). The molecule has 1 fully saturated rings. The lowest BCUT2D eigenvalue weighted by Crippen LogP contribution is -2.23. The number of nitrogens with one attached hydrogen (secondary N) is 1. The van der Waals surface area contributed by atoms with Crippen molar-refractivity contribution in [1.29, 1.82) is 0 Å². The lowest BCUT2D eigenvalue weighted by atomic mass is 10.1. The third-order valence-corrected chi connectivity index (χ3v) is 3.57. The summed E-state index contributed by atoms with van der Waals surface area (Å²) < 4.78 is 6.90. The number of aromatic nitrogens is 2. The maximum Gasteiger partial charge on any atom is 0.293 e. The summed E-state index contributed by atoms with van der Waals surface area (Å²) in [7, 11) is 1.68. The van der Waals surface area contributed by atoms with E-state index in [1.165, 1.54) is 0 Å². The van der Waals surface area contributed by atoms with Gasteiger partial charge in [-0.1, -0.05) is 24.3 Å². The van der Waals surface area contributed by atoms with Crippen molar-refractivity contribution >= 4 is 5.82 Å². The van der Waals surface area contributed by atoms with E-state index in [0.717, 1.165) is 24.0 Å². The molecule has 0 spiro atoms. The minimum Gasteiger partial charge on any atom is -0.380 e. The van der Waals surface area contributed by atoms with Crippen LogP contribution in [0, 0.1) is 0 Å². The number of rotatable bonds is 6. The van der Waals surface area contributed by atoms with Gasteiger partial charge in [0.2, 0.25) is 0 Å². The van der Waals surface area contributed by atoms with Crippen LogP contribution in [0.25, 0.3) is 0 Å². The summed E-state index contributed by atoms with van der Waals surface area (Å²) in [6.45, 7) is 1.17. The van der Waals surface area contributed by atoms with E-state index in [-0.39, 0.29) is 5.56 Å². The van der Waals surface area contributed by atoms with Crippen LogP contribution in [0.2, 0.25) is 0 Å². The summed E-state index contributed by atoms with van der Waals surface area (Å²) >= 11 is 0. The fourth-order valence-electron chi connectivity index (χ4n) is 2.37. The second-order valence-electron chi connectivity index (χ2n) is 5.33. The molecular formula is C16H19N3O2. The van der Waals surface area contributed by atoms with Gasteiger partial charge in [0.05, 0.1) is 6.61 Å². The van der Waals surface area contributed by atoms with Crippen molar-refractivity contribution in [3.63, 3.8) is 0 Å². The fraction of sp³-hybridized carbons (Fsp3) is 0.375. The number of methoxy groups -OCH3 is 1. The molecule has 0 atom stereocenters. The molecule has 0 amide bonds. The van der Waals surface area contributed by atoms with Gasteiger partial charge in [-0.2, -0.15) is 0 Å². The molecule has 5 heteroatoms. The smallest absolute Gasteiger partial charge is 0.293 e. The topological polar surface area (TPSA) is 56.1 Å². The lowest BCUT2D eigenvalue weighted by Gasteiger charge is -2.09. The third kappa shape index (κ3) is 3.31. The molecular weight excluding hydrogens is 266 g/mol. The molecule has 0 unspecified atom stereocenters. The van der Waals surface area contributed by atoms with E-state index in [0.29, 0.717) is 25.0 Å². The van der Waals surface area contributed by atoms with Crippen LogP contribution in [0.1, 0.15) is 30.0 Å². The van der Waals surface area contributed by atoms with E-state index in [4.69, 9.17) is 4.74 Å². The monoisotopic (exact) mass is 285 g/mol. The Hall–Kier alpha value is -2.14. The largest absolute Gasteiger partial charge is 0.380 e. The molecule has 1 saturated carbocycles. The van der Waals surface area contributed by atoms with Gasteiger partial charge in [0.15, 0.2) is 5.82 Å². The quantitative estimate of drug-likeness (QED) is 0.885. The predicted molar refractivity (Wildman–Crippen MR) is 81.2 cm³/mol. The molecule has 0 aliphatic heterocycles. The van der Waals surface area contributed by atoms with Crippen molar-refractivity contribution in [3.8, 4) is 0 Å². The molecule has 1 heterocycles. The van der Waals surface area contributed by atoms with E-state index in [2.05, 4.69) is 16.4 Å². The Morgan fingerprint density at radius 3 is 2.95 bits per heavy atom. The van der Waals surface area contributed by atoms with Gasteiger partial charge >= 0.3 is 0 Å². The number of ether oxygens (including phenoxy) is 1. The van der Waals surface area contributed by atoms with Crippen molar-refractivity contribution in [2.75, 3.05) is 12.4 Å². The van der Waals surface area contributed by atoms with Gasteiger partial charge in [-0.25, -0.2) is 4.98 Å². The highest BCUT2D eigenvalue weighted by Gasteiger charge is 2.25. The van der Waals surface area contributed by atoms with Gasteiger partial charge in [-0.15, -0.1) is 0 Å². The van der Waals surface area contributed by atoms with Crippen LogP contribution in [0.15, 0.2) is 41.5 Å². The van der Waals surface area contributed by atoms with Crippen LogP contribution in [-0.4, -0.2) is 16.7 Å². The van der Waals surface area contributed by atoms with Gasteiger partial charge in [-0.3, -0.25) is 4.79 Å². The van der Waals surface area contributed by atoms with E-state index >= 15 is 0 Å². The first-order valence-corrected chi connectivity index (χ1v) is 7.15. The highest BCUT2D eigenvalue weighted by Crippen LogP contribution is 2.33. The van der Waals surface area contributed by atoms with Gasteiger partial charge in [0.1, 0.15) is 0 Å².